The molecule has 2 N–H and O–H groups in total. The standard InChI is InChI=1S/C14H16N2S/c1-10-5-6-11(2)13(8-10)17-9-12-4-3-7-16-14(12)15/h3-8H,9H2,1-2H3,(H2,15,16). The third-order valence-electron chi connectivity index (χ3n) is 2.65. The van der Waals surface area contributed by atoms with E-state index in [1.165, 1.54) is 16.0 Å². The second kappa shape index (κ2) is 5.23. The van der Waals surface area contributed by atoms with E-state index in [0.29, 0.717) is 5.82 Å². The molecule has 1 aromatic carbocycles. The Kier molecular flexibility index (Phi) is 3.69. The van der Waals surface area contributed by atoms with Crippen molar-refractivity contribution in [3.63, 3.8) is 0 Å². The molecule has 0 unspecified atom stereocenters. The smallest absolute Gasteiger partial charge is 0.127 e. The fourth-order valence-corrected chi connectivity index (χ4v) is 2.71. The highest BCUT2D eigenvalue weighted by Crippen LogP contribution is 2.28. The molecular weight excluding hydrogens is 228 g/mol. The van der Waals surface area contributed by atoms with E-state index in [1.54, 1.807) is 6.20 Å². The van der Waals surface area contributed by atoms with Gasteiger partial charge in [0.1, 0.15) is 5.82 Å². The van der Waals surface area contributed by atoms with Crippen LogP contribution in [0.3, 0.4) is 0 Å². The van der Waals surface area contributed by atoms with Gasteiger partial charge in [0.05, 0.1) is 0 Å². The van der Waals surface area contributed by atoms with E-state index in [-0.39, 0.29) is 0 Å². The van der Waals surface area contributed by atoms with Gasteiger partial charge in [-0.3, -0.25) is 0 Å². The topological polar surface area (TPSA) is 38.9 Å². The summed E-state index contributed by atoms with van der Waals surface area (Å²) in [4.78, 5) is 5.41. The summed E-state index contributed by atoms with van der Waals surface area (Å²) in [5.41, 5.74) is 9.52. The third kappa shape index (κ3) is 3.01. The van der Waals surface area contributed by atoms with E-state index < -0.39 is 0 Å². The highest BCUT2D eigenvalue weighted by atomic mass is 32.2. The number of benzene rings is 1. The monoisotopic (exact) mass is 244 g/mol. The zero-order valence-corrected chi connectivity index (χ0v) is 10.9. The molecule has 0 aliphatic rings. The number of nitrogens with two attached hydrogens (primary N) is 1. The lowest BCUT2D eigenvalue weighted by atomic mass is 10.2. The van der Waals surface area contributed by atoms with Crippen LogP contribution in [0.5, 0.6) is 0 Å². The largest absolute Gasteiger partial charge is 0.383 e. The first-order chi connectivity index (χ1) is 8.16. The average molecular weight is 244 g/mol. The summed E-state index contributed by atoms with van der Waals surface area (Å²) in [6.45, 7) is 4.25. The summed E-state index contributed by atoms with van der Waals surface area (Å²) in [7, 11) is 0. The molecule has 0 spiro atoms. The number of aryl methyl sites for hydroxylation is 2. The first-order valence-corrected chi connectivity index (χ1v) is 6.55. The van der Waals surface area contributed by atoms with Crippen LogP contribution in [0.25, 0.3) is 0 Å². The zero-order valence-electron chi connectivity index (χ0n) is 10.1. The highest BCUT2D eigenvalue weighted by molar-refractivity contribution is 7.98. The molecular formula is C14H16N2S. The average Bonchev–Trinajstić information content (AvgIpc) is 2.32. The van der Waals surface area contributed by atoms with Gasteiger partial charge in [0.15, 0.2) is 0 Å². The first kappa shape index (κ1) is 12.0. The molecule has 0 radical (unpaired) electrons. The fourth-order valence-electron chi connectivity index (χ4n) is 1.59. The van der Waals surface area contributed by atoms with Gasteiger partial charge in [0.2, 0.25) is 0 Å². The molecule has 3 heteroatoms. The molecule has 88 valence electrons. The number of rotatable bonds is 3. The molecule has 1 heterocycles. The van der Waals surface area contributed by atoms with E-state index in [0.717, 1.165) is 11.3 Å². The second-order valence-corrected chi connectivity index (χ2v) is 5.12. The molecule has 0 bridgehead atoms. The van der Waals surface area contributed by atoms with E-state index in [9.17, 15) is 0 Å². The number of hydrogen-bond donors (Lipinski definition) is 1. The summed E-state index contributed by atoms with van der Waals surface area (Å²) in [5.74, 6) is 1.49. The van der Waals surface area contributed by atoms with Gasteiger partial charge in [-0.2, -0.15) is 0 Å². The Bertz CT molecular complexity index is 523. The number of anilines is 1. The van der Waals surface area contributed by atoms with Crippen LogP contribution in [-0.4, -0.2) is 4.98 Å². The molecule has 0 saturated carbocycles. The number of nitrogen functional groups attached to an aromatic ring is 1. The number of pyridine rings is 1. The number of thioether (sulfide) groups is 1. The van der Waals surface area contributed by atoms with E-state index >= 15 is 0 Å². The number of nitrogens with zero attached hydrogens (tertiary/aromatic N) is 1. The summed E-state index contributed by atoms with van der Waals surface area (Å²) in [5, 5.41) is 0. The van der Waals surface area contributed by atoms with Crippen LogP contribution in [0.4, 0.5) is 5.82 Å². The number of aromatic nitrogens is 1. The van der Waals surface area contributed by atoms with Crippen LogP contribution in [0.2, 0.25) is 0 Å². The minimum absolute atomic E-state index is 0.630. The molecule has 0 amide bonds. The number of hydrogen-bond acceptors (Lipinski definition) is 3. The van der Waals surface area contributed by atoms with Gasteiger partial charge >= 0.3 is 0 Å². The maximum atomic E-state index is 5.83. The lowest BCUT2D eigenvalue weighted by Gasteiger charge is -2.07. The molecule has 1 aromatic heterocycles. The lowest BCUT2D eigenvalue weighted by molar-refractivity contribution is 1.23. The molecule has 0 fully saturated rings. The van der Waals surface area contributed by atoms with Gasteiger partial charge in [0.25, 0.3) is 0 Å². The molecule has 17 heavy (non-hydrogen) atoms. The van der Waals surface area contributed by atoms with Crippen LogP contribution in [-0.2, 0) is 5.75 Å². The molecule has 2 aromatic rings. The highest BCUT2D eigenvalue weighted by Gasteiger charge is 2.03. The fraction of sp³-hybridized carbons (Fsp3) is 0.214. The molecule has 0 aliphatic carbocycles. The molecule has 2 nitrogen and oxygen atoms in total. The Morgan fingerprint density at radius 1 is 1.24 bits per heavy atom. The van der Waals surface area contributed by atoms with E-state index in [4.69, 9.17) is 5.73 Å². The van der Waals surface area contributed by atoms with Crippen molar-refractivity contribution in [3.8, 4) is 0 Å². The maximum absolute atomic E-state index is 5.83. The summed E-state index contributed by atoms with van der Waals surface area (Å²) < 4.78 is 0. The molecule has 0 atom stereocenters. The van der Waals surface area contributed by atoms with Crippen LogP contribution in [0.15, 0.2) is 41.4 Å². The normalized spacial score (nSPS) is 10.5. The predicted octanol–water partition coefficient (Wildman–Crippen LogP) is 3.57. The summed E-state index contributed by atoms with van der Waals surface area (Å²) >= 11 is 1.81. The quantitative estimate of drug-likeness (QED) is 0.839. The van der Waals surface area contributed by atoms with Crippen molar-refractivity contribution in [2.45, 2.75) is 24.5 Å². The minimum atomic E-state index is 0.630. The van der Waals surface area contributed by atoms with Crippen molar-refractivity contribution in [3.05, 3.63) is 53.2 Å². The SMILES string of the molecule is Cc1ccc(C)c(SCc2cccnc2N)c1. The van der Waals surface area contributed by atoms with Crippen LogP contribution < -0.4 is 5.73 Å². The van der Waals surface area contributed by atoms with Crippen LogP contribution in [0.1, 0.15) is 16.7 Å². The Hall–Kier alpha value is -1.48. The van der Waals surface area contributed by atoms with E-state index in [1.807, 2.05) is 23.9 Å². The first-order valence-electron chi connectivity index (χ1n) is 5.56. The Balaban J connectivity index is 2.12. The lowest BCUT2D eigenvalue weighted by Crippen LogP contribution is -1.95. The Morgan fingerprint density at radius 2 is 2.06 bits per heavy atom. The van der Waals surface area contributed by atoms with Crippen molar-refractivity contribution in [2.75, 3.05) is 5.73 Å². The van der Waals surface area contributed by atoms with Crippen LogP contribution in [0, 0.1) is 13.8 Å². The van der Waals surface area contributed by atoms with Crippen molar-refractivity contribution >= 4 is 17.6 Å². The molecule has 0 saturated heterocycles. The summed E-state index contributed by atoms with van der Waals surface area (Å²) in [6, 6.07) is 10.5. The summed E-state index contributed by atoms with van der Waals surface area (Å²) in [6.07, 6.45) is 1.72. The second-order valence-electron chi connectivity index (χ2n) is 4.11. The van der Waals surface area contributed by atoms with Crippen molar-refractivity contribution in [1.82, 2.24) is 4.98 Å². The van der Waals surface area contributed by atoms with Gasteiger partial charge in [-0.1, -0.05) is 23.8 Å². The van der Waals surface area contributed by atoms with Crippen molar-refractivity contribution < 1.29 is 0 Å². The van der Waals surface area contributed by atoms with Gasteiger partial charge in [-0.15, -0.1) is 11.8 Å². The molecule has 0 aliphatic heterocycles. The van der Waals surface area contributed by atoms with Crippen molar-refractivity contribution in [1.29, 1.82) is 0 Å². The van der Waals surface area contributed by atoms with Gasteiger partial charge < -0.3 is 5.73 Å². The van der Waals surface area contributed by atoms with E-state index in [2.05, 4.69) is 37.0 Å². The maximum Gasteiger partial charge on any atom is 0.127 e. The zero-order chi connectivity index (χ0) is 12.3. The Labute approximate surface area is 106 Å². The van der Waals surface area contributed by atoms with Gasteiger partial charge in [-0.05, 0) is 31.5 Å². The molecule has 2 rings (SSSR count). The van der Waals surface area contributed by atoms with Gasteiger partial charge in [0, 0.05) is 22.4 Å². The Morgan fingerprint density at radius 3 is 2.82 bits per heavy atom. The van der Waals surface area contributed by atoms with Gasteiger partial charge in [-0.25, -0.2) is 4.98 Å². The third-order valence-corrected chi connectivity index (χ3v) is 3.86. The predicted molar refractivity (Wildman–Crippen MR) is 74.1 cm³/mol. The van der Waals surface area contributed by atoms with Crippen molar-refractivity contribution in [2.24, 2.45) is 0 Å². The minimum Gasteiger partial charge on any atom is -0.383 e. The van der Waals surface area contributed by atoms with Crippen LogP contribution >= 0.6 is 11.8 Å².